The predicted molar refractivity (Wildman–Crippen MR) is 100 cm³/mol. The molecule has 1 heterocycles. The second-order valence-electron chi connectivity index (χ2n) is 7.65. The van der Waals surface area contributed by atoms with Crippen molar-refractivity contribution in [3.05, 3.63) is 35.9 Å². The SMILES string of the molecule is COCC1(C(=O)NC[C@@H](c2ccccc2)N2CCCCCC2)CCC1. The zero-order chi connectivity index (χ0) is 17.5. The van der Waals surface area contributed by atoms with Crippen LogP contribution in [0, 0.1) is 5.41 Å². The summed E-state index contributed by atoms with van der Waals surface area (Å²) >= 11 is 0. The van der Waals surface area contributed by atoms with E-state index in [-0.39, 0.29) is 17.4 Å². The highest BCUT2D eigenvalue weighted by Crippen LogP contribution is 2.41. The molecular formula is C21H32N2O2. The number of likely N-dealkylation sites (tertiary alicyclic amines) is 1. The van der Waals surface area contributed by atoms with Gasteiger partial charge >= 0.3 is 0 Å². The topological polar surface area (TPSA) is 41.6 Å². The normalized spacial score (nSPS) is 21.8. The Hall–Kier alpha value is -1.39. The molecule has 3 rings (SSSR count). The van der Waals surface area contributed by atoms with E-state index in [1.165, 1.54) is 31.2 Å². The maximum atomic E-state index is 12.8. The van der Waals surface area contributed by atoms with Crippen LogP contribution in [-0.2, 0) is 9.53 Å². The number of carbonyl (C=O) groups excluding carboxylic acids is 1. The number of nitrogens with one attached hydrogen (secondary N) is 1. The lowest BCUT2D eigenvalue weighted by molar-refractivity contribution is -0.140. The van der Waals surface area contributed by atoms with Crippen molar-refractivity contribution in [2.45, 2.75) is 51.0 Å². The molecule has 0 spiro atoms. The highest BCUT2D eigenvalue weighted by atomic mass is 16.5. The fourth-order valence-corrected chi connectivity index (χ4v) is 4.23. The molecule has 1 amide bonds. The van der Waals surface area contributed by atoms with Crippen LogP contribution in [0.15, 0.2) is 30.3 Å². The van der Waals surface area contributed by atoms with Crippen molar-refractivity contribution in [2.24, 2.45) is 5.41 Å². The van der Waals surface area contributed by atoms with Crippen LogP contribution < -0.4 is 5.32 Å². The first-order chi connectivity index (χ1) is 12.2. The first kappa shape index (κ1) is 18.4. The van der Waals surface area contributed by atoms with Crippen LogP contribution in [0.3, 0.4) is 0 Å². The predicted octanol–water partition coefficient (Wildman–Crippen LogP) is 3.54. The lowest BCUT2D eigenvalue weighted by atomic mass is 9.68. The van der Waals surface area contributed by atoms with Crippen LogP contribution in [0.25, 0.3) is 0 Å². The molecule has 1 aliphatic carbocycles. The number of carbonyl (C=O) groups is 1. The third kappa shape index (κ3) is 4.42. The molecule has 1 aromatic carbocycles. The molecule has 2 aliphatic rings. The molecule has 2 fully saturated rings. The van der Waals surface area contributed by atoms with E-state index in [0.29, 0.717) is 13.2 Å². The zero-order valence-electron chi connectivity index (χ0n) is 15.5. The molecule has 1 saturated heterocycles. The van der Waals surface area contributed by atoms with Crippen molar-refractivity contribution in [1.82, 2.24) is 10.2 Å². The van der Waals surface area contributed by atoms with E-state index in [1.807, 2.05) is 0 Å². The van der Waals surface area contributed by atoms with Crippen LogP contribution in [0.1, 0.15) is 56.6 Å². The molecule has 25 heavy (non-hydrogen) atoms. The number of methoxy groups -OCH3 is 1. The van der Waals surface area contributed by atoms with Crippen molar-refractivity contribution in [3.63, 3.8) is 0 Å². The minimum atomic E-state index is -0.283. The van der Waals surface area contributed by atoms with Crippen molar-refractivity contribution in [3.8, 4) is 0 Å². The number of benzene rings is 1. The highest BCUT2D eigenvalue weighted by molar-refractivity contribution is 5.83. The number of amides is 1. The maximum absolute atomic E-state index is 12.8. The van der Waals surface area contributed by atoms with Gasteiger partial charge in [0.2, 0.25) is 5.91 Å². The van der Waals surface area contributed by atoms with Gasteiger partial charge < -0.3 is 10.1 Å². The largest absolute Gasteiger partial charge is 0.384 e. The van der Waals surface area contributed by atoms with Crippen LogP contribution >= 0.6 is 0 Å². The van der Waals surface area contributed by atoms with Gasteiger partial charge in [-0.15, -0.1) is 0 Å². The van der Waals surface area contributed by atoms with Gasteiger partial charge in [0.05, 0.1) is 18.1 Å². The molecule has 4 nitrogen and oxygen atoms in total. The molecule has 0 aromatic heterocycles. The van der Waals surface area contributed by atoms with Crippen LogP contribution in [-0.4, -0.2) is 44.2 Å². The average Bonchev–Trinajstić information content (AvgIpc) is 2.88. The zero-order valence-corrected chi connectivity index (χ0v) is 15.5. The van der Waals surface area contributed by atoms with E-state index >= 15 is 0 Å². The van der Waals surface area contributed by atoms with Gasteiger partial charge in [-0.1, -0.05) is 49.6 Å². The standard InChI is InChI=1S/C21H32N2O2/c1-25-17-21(12-9-13-21)20(24)22-16-19(18-10-5-4-6-11-18)23-14-7-2-3-8-15-23/h4-6,10-11,19H,2-3,7-9,12-17H2,1H3,(H,22,24)/t19-/m0/s1. The fourth-order valence-electron chi connectivity index (χ4n) is 4.23. The van der Waals surface area contributed by atoms with Crippen LogP contribution in [0.2, 0.25) is 0 Å². The summed E-state index contributed by atoms with van der Waals surface area (Å²) in [5.41, 5.74) is 1.02. The Morgan fingerprint density at radius 3 is 2.36 bits per heavy atom. The van der Waals surface area contributed by atoms with Crippen LogP contribution in [0.5, 0.6) is 0 Å². The third-order valence-electron chi connectivity index (χ3n) is 5.93. The van der Waals surface area contributed by atoms with Gasteiger partial charge in [-0.2, -0.15) is 0 Å². The summed E-state index contributed by atoms with van der Waals surface area (Å²) < 4.78 is 5.32. The smallest absolute Gasteiger partial charge is 0.228 e. The molecule has 1 atom stereocenters. The Morgan fingerprint density at radius 1 is 1.12 bits per heavy atom. The van der Waals surface area contributed by atoms with E-state index in [2.05, 4.69) is 40.5 Å². The summed E-state index contributed by atoms with van der Waals surface area (Å²) in [6.07, 6.45) is 8.18. The van der Waals surface area contributed by atoms with Gasteiger partial charge in [0.25, 0.3) is 0 Å². The molecule has 4 heteroatoms. The Morgan fingerprint density at radius 2 is 1.80 bits per heavy atom. The molecular weight excluding hydrogens is 312 g/mol. The van der Waals surface area contributed by atoms with Crippen molar-refractivity contribution in [2.75, 3.05) is 33.4 Å². The van der Waals surface area contributed by atoms with Gasteiger partial charge in [-0.25, -0.2) is 0 Å². The minimum absolute atomic E-state index is 0.177. The molecule has 0 radical (unpaired) electrons. The van der Waals surface area contributed by atoms with Crippen molar-refractivity contribution in [1.29, 1.82) is 0 Å². The first-order valence-electron chi connectivity index (χ1n) is 9.81. The molecule has 0 unspecified atom stereocenters. The number of nitrogens with zero attached hydrogens (tertiary/aromatic N) is 1. The van der Waals surface area contributed by atoms with Crippen LogP contribution in [0.4, 0.5) is 0 Å². The number of hydrogen-bond donors (Lipinski definition) is 1. The summed E-state index contributed by atoms with van der Waals surface area (Å²) in [5, 5.41) is 3.27. The van der Waals surface area contributed by atoms with E-state index in [9.17, 15) is 4.79 Å². The van der Waals surface area contributed by atoms with E-state index in [0.717, 1.165) is 32.4 Å². The first-order valence-corrected chi connectivity index (χ1v) is 9.81. The Balaban J connectivity index is 1.68. The maximum Gasteiger partial charge on any atom is 0.228 e. The van der Waals surface area contributed by atoms with Crippen molar-refractivity contribution >= 4 is 5.91 Å². The molecule has 1 aromatic rings. The Kier molecular flexibility index (Phi) is 6.49. The fraction of sp³-hybridized carbons (Fsp3) is 0.667. The molecule has 1 aliphatic heterocycles. The van der Waals surface area contributed by atoms with E-state index < -0.39 is 0 Å². The Bertz CT molecular complexity index is 534. The summed E-state index contributed by atoms with van der Waals surface area (Å²) in [6.45, 7) is 3.48. The number of ether oxygens (including phenoxy) is 1. The second kappa shape index (κ2) is 8.81. The molecule has 138 valence electrons. The molecule has 0 bridgehead atoms. The summed E-state index contributed by atoms with van der Waals surface area (Å²) in [7, 11) is 1.69. The number of rotatable bonds is 7. The summed E-state index contributed by atoms with van der Waals surface area (Å²) in [5.74, 6) is 0.177. The summed E-state index contributed by atoms with van der Waals surface area (Å²) in [4.78, 5) is 15.4. The monoisotopic (exact) mass is 344 g/mol. The Labute approximate surface area is 151 Å². The molecule has 1 saturated carbocycles. The minimum Gasteiger partial charge on any atom is -0.384 e. The lowest BCUT2D eigenvalue weighted by Crippen LogP contribution is -2.50. The van der Waals surface area contributed by atoms with Gasteiger partial charge in [0.1, 0.15) is 0 Å². The van der Waals surface area contributed by atoms with Crippen molar-refractivity contribution < 1.29 is 9.53 Å². The second-order valence-corrected chi connectivity index (χ2v) is 7.65. The van der Waals surface area contributed by atoms with Gasteiger partial charge in [0, 0.05) is 13.7 Å². The van der Waals surface area contributed by atoms with E-state index in [1.54, 1.807) is 7.11 Å². The average molecular weight is 344 g/mol. The lowest BCUT2D eigenvalue weighted by Gasteiger charge is -2.40. The third-order valence-corrected chi connectivity index (χ3v) is 5.93. The van der Waals surface area contributed by atoms with Gasteiger partial charge in [-0.3, -0.25) is 9.69 Å². The summed E-state index contributed by atoms with van der Waals surface area (Å²) in [6, 6.07) is 10.9. The van der Waals surface area contributed by atoms with E-state index in [4.69, 9.17) is 4.74 Å². The highest BCUT2D eigenvalue weighted by Gasteiger charge is 2.44. The molecule has 1 N–H and O–H groups in total. The number of hydrogen-bond acceptors (Lipinski definition) is 3. The van der Waals surface area contributed by atoms with Gasteiger partial charge in [-0.05, 0) is 44.3 Å². The quantitative estimate of drug-likeness (QED) is 0.823. The van der Waals surface area contributed by atoms with Gasteiger partial charge in [0.15, 0.2) is 0 Å².